The highest BCUT2D eigenvalue weighted by Crippen LogP contribution is 2.40. The van der Waals surface area contributed by atoms with Crippen LogP contribution in [0.2, 0.25) is 0 Å². The molecule has 16 heavy (non-hydrogen) atoms. The summed E-state index contributed by atoms with van der Waals surface area (Å²) in [5.41, 5.74) is 0. The van der Waals surface area contributed by atoms with E-state index in [1.54, 1.807) is 4.88 Å². The highest BCUT2D eigenvalue weighted by atomic mass is 32.1. The Labute approximate surface area is 105 Å². The second-order valence-electron chi connectivity index (χ2n) is 4.51. The second-order valence-corrected chi connectivity index (χ2v) is 6.58. The van der Waals surface area contributed by atoms with Crippen LogP contribution in [0.15, 0.2) is 29.6 Å². The first-order valence-electron chi connectivity index (χ1n) is 6.07. The summed E-state index contributed by atoms with van der Waals surface area (Å²) < 4.78 is 0. The number of hydrogen-bond donors (Lipinski definition) is 0. The van der Waals surface area contributed by atoms with E-state index in [4.69, 9.17) is 0 Å². The first-order chi connectivity index (χ1) is 7.93. The second kappa shape index (κ2) is 4.72. The van der Waals surface area contributed by atoms with Gasteiger partial charge in [0, 0.05) is 14.6 Å². The Balaban J connectivity index is 1.82. The van der Waals surface area contributed by atoms with Gasteiger partial charge in [-0.25, -0.2) is 0 Å². The number of hydrogen-bond acceptors (Lipinski definition) is 2. The third-order valence-electron chi connectivity index (χ3n) is 3.40. The summed E-state index contributed by atoms with van der Waals surface area (Å²) >= 11 is 3.85. The van der Waals surface area contributed by atoms with Crippen molar-refractivity contribution in [1.29, 1.82) is 0 Å². The quantitative estimate of drug-likeness (QED) is 0.656. The summed E-state index contributed by atoms with van der Waals surface area (Å²) in [4.78, 5) is 4.49. The van der Waals surface area contributed by atoms with Crippen LogP contribution in [0.3, 0.4) is 0 Å². The van der Waals surface area contributed by atoms with Gasteiger partial charge in [0.1, 0.15) is 0 Å². The molecule has 84 valence electrons. The molecule has 0 saturated heterocycles. The van der Waals surface area contributed by atoms with Gasteiger partial charge in [0.15, 0.2) is 0 Å². The molecule has 0 unspecified atom stereocenters. The maximum absolute atomic E-state index is 2.36. The average Bonchev–Trinajstić information content (AvgIpc) is 3.01. The van der Waals surface area contributed by atoms with E-state index in [0.29, 0.717) is 0 Å². The lowest BCUT2D eigenvalue weighted by atomic mass is 9.88. The molecule has 0 bridgehead atoms. The molecule has 2 aromatic rings. The highest BCUT2D eigenvalue weighted by molar-refractivity contribution is 7.21. The third kappa shape index (κ3) is 2.09. The highest BCUT2D eigenvalue weighted by Gasteiger charge is 2.17. The van der Waals surface area contributed by atoms with Crippen LogP contribution in [-0.4, -0.2) is 0 Å². The van der Waals surface area contributed by atoms with Crippen molar-refractivity contribution in [2.24, 2.45) is 0 Å². The summed E-state index contributed by atoms with van der Waals surface area (Å²) in [6.45, 7) is 0. The van der Waals surface area contributed by atoms with Gasteiger partial charge in [-0.05, 0) is 42.3 Å². The van der Waals surface area contributed by atoms with Crippen molar-refractivity contribution in [3.05, 3.63) is 34.5 Å². The molecule has 0 N–H and O–H groups in total. The summed E-state index contributed by atoms with van der Waals surface area (Å²) in [5.74, 6) is 0.854. The standard InChI is InChI=1S/C14H16S2/c1-2-5-11(6-3-1)12-8-9-14(16-12)13-7-4-10-15-13/h4,7-11H,1-3,5-6H2. The lowest BCUT2D eigenvalue weighted by Crippen LogP contribution is -2.01. The van der Waals surface area contributed by atoms with Gasteiger partial charge in [-0.2, -0.15) is 0 Å². The van der Waals surface area contributed by atoms with Gasteiger partial charge in [0.2, 0.25) is 0 Å². The Morgan fingerprint density at radius 1 is 0.938 bits per heavy atom. The van der Waals surface area contributed by atoms with Gasteiger partial charge in [0.05, 0.1) is 0 Å². The van der Waals surface area contributed by atoms with Gasteiger partial charge < -0.3 is 0 Å². The predicted molar refractivity (Wildman–Crippen MR) is 73.5 cm³/mol. The van der Waals surface area contributed by atoms with Crippen molar-refractivity contribution in [3.63, 3.8) is 0 Å². The predicted octanol–water partition coefficient (Wildman–Crippen LogP) is 5.52. The van der Waals surface area contributed by atoms with E-state index in [-0.39, 0.29) is 0 Å². The lowest BCUT2D eigenvalue weighted by molar-refractivity contribution is 0.448. The molecule has 2 heteroatoms. The molecular formula is C14H16S2. The summed E-state index contributed by atoms with van der Waals surface area (Å²) in [6.07, 6.45) is 7.11. The zero-order valence-electron chi connectivity index (χ0n) is 9.32. The van der Waals surface area contributed by atoms with Crippen LogP contribution in [0.4, 0.5) is 0 Å². The maximum Gasteiger partial charge on any atom is 0.0445 e. The van der Waals surface area contributed by atoms with Crippen LogP contribution >= 0.6 is 22.7 Å². The molecule has 0 spiro atoms. The molecule has 1 saturated carbocycles. The van der Waals surface area contributed by atoms with Crippen molar-refractivity contribution in [3.8, 4) is 9.75 Å². The molecule has 0 aliphatic heterocycles. The molecule has 0 atom stereocenters. The largest absolute Gasteiger partial charge is 0.143 e. The van der Waals surface area contributed by atoms with Gasteiger partial charge in [-0.15, -0.1) is 22.7 Å². The van der Waals surface area contributed by atoms with E-state index in [1.807, 2.05) is 22.7 Å². The topological polar surface area (TPSA) is 0 Å². The van der Waals surface area contributed by atoms with Crippen LogP contribution in [0.1, 0.15) is 42.9 Å². The van der Waals surface area contributed by atoms with Gasteiger partial charge in [0.25, 0.3) is 0 Å². The van der Waals surface area contributed by atoms with Crippen LogP contribution in [0.5, 0.6) is 0 Å². The first-order valence-corrected chi connectivity index (χ1v) is 7.77. The molecule has 1 aliphatic rings. The Morgan fingerprint density at radius 2 is 1.81 bits per heavy atom. The monoisotopic (exact) mass is 248 g/mol. The minimum Gasteiger partial charge on any atom is -0.143 e. The van der Waals surface area contributed by atoms with Crippen LogP contribution in [0, 0.1) is 0 Å². The smallest absolute Gasteiger partial charge is 0.0445 e. The zero-order chi connectivity index (χ0) is 10.8. The lowest BCUT2D eigenvalue weighted by Gasteiger charge is -2.19. The molecule has 1 fully saturated rings. The van der Waals surface area contributed by atoms with Gasteiger partial charge in [-0.3, -0.25) is 0 Å². The van der Waals surface area contributed by atoms with Crippen molar-refractivity contribution in [2.45, 2.75) is 38.0 Å². The molecule has 0 aromatic carbocycles. The van der Waals surface area contributed by atoms with E-state index < -0.39 is 0 Å². The molecule has 0 amide bonds. The first kappa shape index (κ1) is 10.5. The third-order valence-corrected chi connectivity index (χ3v) is 5.71. The van der Waals surface area contributed by atoms with Crippen molar-refractivity contribution in [1.82, 2.24) is 0 Å². The molecule has 0 nitrogen and oxygen atoms in total. The van der Waals surface area contributed by atoms with Crippen LogP contribution in [0.25, 0.3) is 9.75 Å². The van der Waals surface area contributed by atoms with Crippen molar-refractivity contribution < 1.29 is 0 Å². The number of rotatable bonds is 2. The van der Waals surface area contributed by atoms with Gasteiger partial charge >= 0.3 is 0 Å². The molecule has 3 rings (SSSR count). The van der Waals surface area contributed by atoms with E-state index in [0.717, 1.165) is 5.92 Å². The van der Waals surface area contributed by atoms with E-state index in [1.165, 1.54) is 41.9 Å². The zero-order valence-corrected chi connectivity index (χ0v) is 10.9. The van der Waals surface area contributed by atoms with Crippen molar-refractivity contribution in [2.75, 3.05) is 0 Å². The maximum atomic E-state index is 2.36. The Kier molecular flexibility index (Phi) is 3.11. The minimum atomic E-state index is 0.854. The van der Waals surface area contributed by atoms with Gasteiger partial charge in [-0.1, -0.05) is 25.3 Å². The Hall–Kier alpha value is -0.600. The fourth-order valence-electron chi connectivity index (χ4n) is 2.51. The Morgan fingerprint density at radius 3 is 2.56 bits per heavy atom. The SMILES string of the molecule is c1csc(-c2ccc(C3CCCCC3)s2)c1. The van der Waals surface area contributed by atoms with Crippen molar-refractivity contribution >= 4 is 22.7 Å². The van der Waals surface area contributed by atoms with E-state index in [9.17, 15) is 0 Å². The summed E-state index contributed by atoms with van der Waals surface area (Å²) in [6, 6.07) is 9.03. The molecule has 2 heterocycles. The number of thiophene rings is 2. The fourth-order valence-corrected chi connectivity index (χ4v) is 4.52. The Bertz CT molecular complexity index is 433. The molecular weight excluding hydrogens is 232 g/mol. The fraction of sp³-hybridized carbons (Fsp3) is 0.429. The summed E-state index contributed by atoms with van der Waals surface area (Å²) in [5, 5.41) is 2.16. The molecule has 0 radical (unpaired) electrons. The van der Waals surface area contributed by atoms with E-state index >= 15 is 0 Å². The minimum absolute atomic E-state index is 0.854. The normalized spacial score (nSPS) is 17.8. The van der Waals surface area contributed by atoms with Crippen LogP contribution in [-0.2, 0) is 0 Å². The molecule has 2 aromatic heterocycles. The molecule has 1 aliphatic carbocycles. The van der Waals surface area contributed by atoms with E-state index in [2.05, 4.69) is 29.6 Å². The summed E-state index contributed by atoms with van der Waals surface area (Å²) in [7, 11) is 0. The average molecular weight is 248 g/mol. The van der Waals surface area contributed by atoms with Crippen LogP contribution < -0.4 is 0 Å².